The first-order valence-electron chi connectivity index (χ1n) is 7.42. The topological polar surface area (TPSA) is 76.1 Å². The van der Waals surface area contributed by atoms with Gasteiger partial charge in [-0.2, -0.15) is 0 Å². The van der Waals surface area contributed by atoms with E-state index < -0.39 is 35.4 Å². The maximum absolute atomic E-state index is 12.4. The van der Waals surface area contributed by atoms with E-state index in [-0.39, 0.29) is 6.54 Å². The van der Waals surface area contributed by atoms with Gasteiger partial charge < -0.3 is 14.6 Å². The molecule has 6 nitrogen and oxygen atoms in total. The zero-order valence-electron chi connectivity index (χ0n) is 14.5. The lowest BCUT2D eigenvalue weighted by molar-refractivity contribution is -0.158. The van der Waals surface area contributed by atoms with Gasteiger partial charge in [0.2, 0.25) is 0 Å². The highest BCUT2D eigenvalue weighted by molar-refractivity contribution is 5.86. The van der Waals surface area contributed by atoms with Crippen LogP contribution in [0.1, 0.15) is 48.5 Å². The van der Waals surface area contributed by atoms with E-state index in [4.69, 9.17) is 9.47 Å². The molecular formula is C16H27NO5. The number of likely N-dealkylation sites (tertiary alicyclic amines) is 1. The number of amides is 1. The second kappa shape index (κ2) is 6.28. The second-order valence-corrected chi connectivity index (χ2v) is 7.37. The van der Waals surface area contributed by atoms with Crippen molar-refractivity contribution in [3.05, 3.63) is 11.6 Å². The Hall–Kier alpha value is -1.56. The molecule has 1 amide bonds. The van der Waals surface area contributed by atoms with Gasteiger partial charge in [-0.1, -0.05) is 6.08 Å². The van der Waals surface area contributed by atoms with E-state index in [0.717, 1.165) is 0 Å². The number of rotatable bonds is 1. The molecule has 0 aromatic heterocycles. The van der Waals surface area contributed by atoms with Gasteiger partial charge in [0.1, 0.15) is 11.2 Å². The summed E-state index contributed by atoms with van der Waals surface area (Å²) in [5.74, 6) is -0.567. The SMILES string of the molecule is C/C=C1/C(O)CN(C(=O)OC(C)(C)C)[C@@H]1C(=O)OC(C)(C)C. The van der Waals surface area contributed by atoms with E-state index in [1.165, 1.54) is 4.90 Å². The van der Waals surface area contributed by atoms with E-state index in [1.54, 1.807) is 54.5 Å². The fraction of sp³-hybridized carbons (Fsp3) is 0.750. The number of β-amino-alcohol motifs (C(OH)–C–C–N with tert-alkyl or cyclic N) is 1. The molecule has 1 aliphatic rings. The average molecular weight is 313 g/mol. The molecule has 1 saturated heterocycles. The molecule has 0 aromatic rings. The van der Waals surface area contributed by atoms with Crippen LogP contribution >= 0.6 is 0 Å². The Bertz CT molecular complexity index is 470. The molecule has 0 spiro atoms. The third-order valence-corrected chi connectivity index (χ3v) is 2.97. The molecular weight excluding hydrogens is 286 g/mol. The Morgan fingerprint density at radius 1 is 1.14 bits per heavy atom. The summed E-state index contributed by atoms with van der Waals surface area (Å²) in [6.07, 6.45) is 0.109. The third kappa shape index (κ3) is 4.73. The van der Waals surface area contributed by atoms with Crippen molar-refractivity contribution in [1.29, 1.82) is 0 Å². The first-order chi connectivity index (χ1) is 9.85. The molecule has 22 heavy (non-hydrogen) atoms. The van der Waals surface area contributed by atoms with Gasteiger partial charge in [0.25, 0.3) is 0 Å². The van der Waals surface area contributed by atoms with Crippen LogP contribution in [0, 0.1) is 0 Å². The molecule has 0 bridgehead atoms. The zero-order chi connectivity index (χ0) is 17.3. The minimum atomic E-state index is -0.950. The van der Waals surface area contributed by atoms with Gasteiger partial charge in [0.15, 0.2) is 6.04 Å². The largest absolute Gasteiger partial charge is 0.458 e. The molecule has 0 aliphatic carbocycles. The monoisotopic (exact) mass is 313 g/mol. The van der Waals surface area contributed by atoms with E-state index in [0.29, 0.717) is 5.57 Å². The number of carbonyl (C=O) groups excluding carboxylic acids is 2. The Morgan fingerprint density at radius 3 is 2.05 bits per heavy atom. The lowest BCUT2D eigenvalue weighted by Crippen LogP contribution is -2.46. The Morgan fingerprint density at radius 2 is 1.64 bits per heavy atom. The fourth-order valence-corrected chi connectivity index (χ4v) is 2.23. The van der Waals surface area contributed by atoms with E-state index in [1.807, 2.05) is 0 Å². The minimum absolute atomic E-state index is 0.0124. The van der Waals surface area contributed by atoms with E-state index >= 15 is 0 Å². The number of aliphatic hydroxyl groups is 1. The van der Waals surface area contributed by atoms with Gasteiger partial charge in [0.05, 0.1) is 12.6 Å². The molecule has 6 heteroatoms. The molecule has 1 rings (SSSR count). The molecule has 0 radical (unpaired) electrons. The van der Waals surface area contributed by atoms with Gasteiger partial charge in [0, 0.05) is 0 Å². The van der Waals surface area contributed by atoms with Gasteiger partial charge in [-0.25, -0.2) is 9.59 Å². The number of nitrogens with zero attached hydrogens (tertiary/aromatic N) is 1. The highest BCUT2D eigenvalue weighted by atomic mass is 16.6. The maximum atomic E-state index is 12.4. The molecule has 0 aromatic carbocycles. The van der Waals surface area contributed by atoms with Gasteiger partial charge >= 0.3 is 12.1 Å². The molecule has 1 N–H and O–H groups in total. The van der Waals surface area contributed by atoms with E-state index in [2.05, 4.69) is 0 Å². The zero-order valence-corrected chi connectivity index (χ0v) is 14.5. The predicted octanol–water partition coefficient (Wildman–Crippen LogP) is 2.25. The summed E-state index contributed by atoms with van der Waals surface area (Å²) in [5.41, 5.74) is -0.900. The van der Waals surface area contributed by atoms with Crippen molar-refractivity contribution in [2.75, 3.05) is 6.54 Å². The highest BCUT2D eigenvalue weighted by Gasteiger charge is 2.46. The van der Waals surface area contributed by atoms with Crippen molar-refractivity contribution in [2.45, 2.75) is 71.8 Å². The second-order valence-electron chi connectivity index (χ2n) is 7.37. The van der Waals surface area contributed by atoms with Crippen molar-refractivity contribution in [3.63, 3.8) is 0 Å². The van der Waals surface area contributed by atoms with Crippen LogP contribution in [-0.4, -0.2) is 52.0 Å². The van der Waals surface area contributed by atoms with Crippen LogP contribution < -0.4 is 0 Å². The van der Waals surface area contributed by atoms with Crippen LogP contribution in [-0.2, 0) is 14.3 Å². The third-order valence-electron chi connectivity index (χ3n) is 2.97. The summed E-state index contributed by atoms with van der Waals surface area (Å²) in [6, 6.07) is -0.950. The van der Waals surface area contributed by atoms with Gasteiger partial charge in [-0.05, 0) is 54.0 Å². The Labute approximate surface area is 132 Å². The summed E-state index contributed by atoms with van der Waals surface area (Å²) in [4.78, 5) is 26.0. The van der Waals surface area contributed by atoms with Gasteiger partial charge in [-0.15, -0.1) is 0 Å². The number of aliphatic hydroxyl groups excluding tert-OH is 1. The summed E-state index contributed by atoms with van der Waals surface area (Å²) in [6.45, 7) is 12.2. The van der Waals surface area contributed by atoms with Crippen LogP contribution in [0.5, 0.6) is 0 Å². The van der Waals surface area contributed by atoms with Gasteiger partial charge in [-0.3, -0.25) is 4.90 Å². The Balaban J connectivity index is 3.05. The summed E-state index contributed by atoms with van der Waals surface area (Å²) in [7, 11) is 0. The standard InChI is InChI=1S/C16H27NO5/c1-8-10-11(18)9-17(14(20)22-16(5,6)7)12(10)13(19)21-15(2,3)4/h8,11-12,18H,9H2,1-7H3/b10-8-/t11?,12-/m0/s1. The summed E-state index contributed by atoms with van der Waals surface area (Å²) < 4.78 is 10.7. The first kappa shape index (κ1) is 18.5. The average Bonchev–Trinajstić information content (AvgIpc) is 2.61. The number of allylic oxidation sites excluding steroid dienone is 1. The van der Waals surface area contributed by atoms with E-state index in [9.17, 15) is 14.7 Å². The van der Waals surface area contributed by atoms with Crippen molar-refractivity contribution < 1.29 is 24.2 Å². The number of esters is 1. The van der Waals surface area contributed by atoms with Crippen LogP contribution in [0.3, 0.4) is 0 Å². The highest BCUT2D eigenvalue weighted by Crippen LogP contribution is 2.28. The van der Waals surface area contributed by atoms with Crippen molar-refractivity contribution >= 4 is 12.1 Å². The Kier molecular flexibility index (Phi) is 5.28. The molecule has 1 fully saturated rings. The molecule has 1 aliphatic heterocycles. The number of hydrogen-bond donors (Lipinski definition) is 1. The summed E-state index contributed by atoms with van der Waals surface area (Å²) >= 11 is 0. The smallest absolute Gasteiger partial charge is 0.411 e. The normalized spacial score (nSPS) is 24.5. The first-order valence-corrected chi connectivity index (χ1v) is 7.42. The number of ether oxygens (including phenoxy) is 2. The molecule has 1 heterocycles. The van der Waals surface area contributed by atoms with Crippen molar-refractivity contribution in [2.24, 2.45) is 0 Å². The molecule has 0 saturated carbocycles. The van der Waals surface area contributed by atoms with Crippen LogP contribution in [0.25, 0.3) is 0 Å². The predicted molar refractivity (Wildman–Crippen MR) is 82.3 cm³/mol. The van der Waals surface area contributed by atoms with Crippen molar-refractivity contribution in [3.8, 4) is 0 Å². The molecule has 1 unspecified atom stereocenters. The lowest BCUT2D eigenvalue weighted by Gasteiger charge is -2.29. The fourth-order valence-electron chi connectivity index (χ4n) is 2.23. The number of carbonyl (C=O) groups is 2. The van der Waals surface area contributed by atoms with Crippen molar-refractivity contribution in [1.82, 2.24) is 4.90 Å². The molecule has 2 atom stereocenters. The van der Waals surface area contributed by atoms with Crippen LogP contribution in [0.2, 0.25) is 0 Å². The minimum Gasteiger partial charge on any atom is -0.458 e. The maximum Gasteiger partial charge on any atom is 0.411 e. The lowest BCUT2D eigenvalue weighted by atomic mass is 10.1. The van der Waals surface area contributed by atoms with Crippen LogP contribution in [0.15, 0.2) is 11.6 Å². The number of hydrogen-bond acceptors (Lipinski definition) is 5. The quantitative estimate of drug-likeness (QED) is 0.593. The molecule has 126 valence electrons. The summed E-state index contributed by atoms with van der Waals surface area (Å²) in [5, 5.41) is 10.1. The van der Waals surface area contributed by atoms with Crippen LogP contribution in [0.4, 0.5) is 4.79 Å².